The first kappa shape index (κ1) is 15.8. The highest BCUT2D eigenvalue weighted by molar-refractivity contribution is 5.57. The third kappa shape index (κ3) is 3.75. The number of nitrogens with zero attached hydrogens (tertiary/aromatic N) is 2. The Morgan fingerprint density at radius 2 is 1.22 bits per heavy atom. The van der Waals surface area contributed by atoms with Crippen molar-refractivity contribution in [2.75, 3.05) is 18.3 Å². The van der Waals surface area contributed by atoms with Crippen LogP contribution in [0.15, 0.2) is 36.4 Å². The minimum Gasteiger partial charge on any atom is -0.450 e. The van der Waals surface area contributed by atoms with Crippen LogP contribution < -0.4 is 20.9 Å². The van der Waals surface area contributed by atoms with Gasteiger partial charge in [0.15, 0.2) is 0 Å². The van der Waals surface area contributed by atoms with Gasteiger partial charge < -0.3 is 20.9 Å². The zero-order chi connectivity index (χ0) is 17.0. The van der Waals surface area contributed by atoms with E-state index in [0.717, 1.165) is 12.1 Å². The normalized spacial score (nSPS) is 10.1. The molecule has 0 atom stereocenters. The summed E-state index contributed by atoms with van der Waals surface area (Å²) in [4.78, 5) is 20.5. The van der Waals surface area contributed by atoms with E-state index in [4.69, 9.17) is 20.9 Å². The SMILES string of the molecule is Nc1ccc(OCOc2ccc(N)cc2[N+](=O)[O-])c([N+](=O)[O-])c1. The van der Waals surface area contributed by atoms with Gasteiger partial charge in [-0.15, -0.1) is 0 Å². The molecular weight excluding hydrogens is 308 g/mol. The van der Waals surface area contributed by atoms with Gasteiger partial charge in [-0.2, -0.15) is 0 Å². The number of nitrogen functional groups attached to an aromatic ring is 2. The van der Waals surface area contributed by atoms with E-state index in [9.17, 15) is 20.2 Å². The fraction of sp³-hybridized carbons (Fsp3) is 0.0769. The maximum absolute atomic E-state index is 10.9. The number of hydrogen-bond donors (Lipinski definition) is 2. The van der Waals surface area contributed by atoms with Crippen molar-refractivity contribution in [3.8, 4) is 11.5 Å². The highest BCUT2D eigenvalue weighted by Gasteiger charge is 2.18. The number of benzene rings is 2. The third-order valence-corrected chi connectivity index (χ3v) is 2.79. The summed E-state index contributed by atoms with van der Waals surface area (Å²) in [6.45, 7) is -0.463. The van der Waals surface area contributed by atoms with Crippen LogP contribution in [0.2, 0.25) is 0 Å². The van der Waals surface area contributed by atoms with E-state index in [1.165, 1.54) is 24.3 Å². The van der Waals surface area contributed by atoms with E-state index in [-0.39, 0.29) is 34.2 Å². The third-order valence-electron chi connectivity index (χ3n) is 2.79. The molecule has 0 aromatic heterocycles. The van der Waals surface area contributed by atoms with Crippen LogP contribution in [0.25, 0.3) is 0 Å². The summed E-state index contributed by atoms with van der Waals surface area (Å²) in [5.74, 6) is -0.135. The molecule has 120 valence electrons. The molecule has 0 radical (unpaired) electrons. The molecule has 0 heterocycles. The van der Waals surface area contributed by atoms with Crippen LogP contribution in [0.3, 0.4) is 0 Å². The Morgan fingerprint density at radius 1 is 0.826 bits per heavy atom. The molecule has 0 aliphatic heterocycles. The molecule has 0 saturated heterocycles. The lowest BCUT2D eigenvalue weighted by atomic mass is 10.2. The van der Waals surface area contributed by atoms with Crippen LogP contribution >= 0.6 is 0 Å². The van der Waals surface area contributed by atoms with Crippen molar-refractivity contribution in [1.29, 1.82) is 0 Å². The number of nitrogens with two attached hydrogens (primary N) is 2. The minimum absolute atomic E-state index is 0.0673. The molecule has 0 aliphatic carbocycles. The summed E-state index contributed by atoms with van der Waals surface area (Å²) in [6, 6.07) is 7.76. The maximum Gasteiger partial charge on any atom is 0.313 e. The first-order chi connectivity index (χ1) is 10.9. The quantitative estimate of drug-likeness (QED) is 0.354. The van der Waals surface area contributed by atoms with Crippen molar-refractivity contribution in [2.45, 2.75) is 0 Å². The van der Waals surface area contributed by atoms with Gasteiger partial charge in [-0.05, 0) is 24.3 Å². The molecule has 0 bridgehead atoms. The van der Waals surface area contributed by atoms with Gasteiger partial charge in [0.05, 0.1) is 9.85 Å². The number of hydrogen-bond acceptors (Lipinski definition) is 8. The highest BCUT2D eigenvalue weighted by Crippen LogP contribution is 2.31. The van der Waals surface area contributed by atoms with E-state index in [0.29, 0.717) is 0 Å². The Labute approximate surface area is 129 Å². The standard InChI is InChI=1S/C13H12N4O6/c14-8-1-3-12(10(5-8)16(18)19)22-7-23-13-4-2-9(15)6-11(13)17(20)21/h1-6H,7,14-15H2. The Kier molecular flexibility index (Phi) is 4.45. The van der Waals surface area contributed by atoms with Crippen molar-refractivity contribution in [2.24, 2.45) is 0 Å². The molecule has 0 saturated carbocycles. The lowest BCUT2D eigenvalue weighted by molar-refractivity contribution is -0.386. The number of nitro benzene ring substituents is 2. The number of anilines is 2. The predicted octanol–water partition coefficient (Wildman–Crippen LogP) is 2.08. The topological polar surface area (TPSA) is 157 Å². The molecule has 2 aromatic rings. The summed E-state index contributed by atoms with van der Waals surface area (Å²) in [6.07, 6.45) is 0. The molecule has 0 spiro atoms. The van der Waals surface area contributed by atoms with Crippen LogP contribution in [0, 0.1) is 20.2 Å². The summed E-state index contributed by atoms with van der Waals surface area (Å²) in [5, 5.41) is 21.8. The Hall–Kier alpha value is -3.56. The molecule has 2 aromatic carbocycles. The van der Waals surface area contributed by atoms with E-state index in [1.807, 2.05) is 0 Å². The molecule has 0 unspecified atom stereocenters. The van der Waals surface area contributed by atoms with E-state index < -0.39 is 16.6 Å². The van der Waals surface area contributed by atoms with Crippen LogP contribution in [-0.2, 0) is 0 Å². The van der Waals surface area contributed by atoms with Gasteiger partial charge in [0.2, 0.25) is 18.3 Å². The van der Waals surface area contributed by atoms with Crippen molar-refractivity contribution in [3.05, 3.63) is 56.6 Å². The number of rotatable bonds is 6. The molecular formula is C13H12N4O6. The van der Waals surface area contributed by atoms with E-state index in [2.05, 4.69) is 0 Å². The summed E-state index contributed by atoms with van der Waals surface area (Å²) >= 11 is 0. The van der Waals surface area contributed by atoms with Crippen molar-refractivity contribution in [1.82, 2.24) is 0 Å². The summed E-state index contributed by atoms with van der Waals surface area (Å²) < 4.78 is 10.3. The molecule has 4 N–H and O–H groups in total. The maximum atomic E-state index is 10.9. The monoisotopic (exact) mass is 320 g/mol. The van der Waals surface area contributed by atoms with E-state index in [1.54, 1.807) is 0 Å². The lowest BCUT2D eigenvalue weighted by Crippen LogP contribution is -2.08. The Bertz CT molecular complexity index is 701. The van der Waals surface area contributed by atoms with Crippen LogP contribution in [-0.4, -0.2) is 16.6 Å². The largest absolute Gasteiger partial charge is 0.450 e. The first-order valence-electron chi connectivity index (χ1n) is 6.22. The zero-order valence-corrected chi connectivity index (χ0v) is 11.7. The molecule has 10 heteroatoms. The van der Waals surface area contributed by atoms with Gasteiger partial charge in [-0.3, -0.25) is 20.2 Å². The van der Waals surface area contributed by atoms with Gasteiger partial charge in [0.25, 0.3) is 0 Å². The Morgan fingerprint density at radius 3 is 1.57 bits per heavy atom. The van der Waals surface area contributed by atoms with Gasteiger partial charge in [-0.1, -0.05) is 0 Å². The second kappa shape index (κ2) is 6.47. The average molecular weight is 320 g/mol. The Balaban J connectivity index is 2.12. The average Bonchev–Trinajstić information content (AvgIpc) is 2.49. The molecule has 0 fully saturated rings. The lowest BCUT2D eigenvalue weighted by Gasteiger charge is -2.09. The van der Waals surface area contributed by atoms with Crippen LogP contribution in [0.5, 0.6) is 11.5 Å². The van der Waals surface area contributed by atoms with Crippen molar-refractivity contribution >= 4 is 22.7 Å². The summed E-state index contributed by atoms with van der Waals surface area (Å²) in [7, 11) is 0. The molecule has 0 amide bonds. The summed E-state index contributed by atoms with van der Waals surface area (Å²) in [5.41, 5.74) is 10.7. The minimum atomic E-state index is -0.655. The van der Waals surface area contributed by atoms with Gasteiger partial charge in [0.1, 0.15) is 0 Å². The molecule has 23 heavy (non-hydrogen) atoms. The number of nitro groups is 2. The highest BCUT2D eigenvalue weighted by atomic mass is 16.7. The van der Waals surface area contributed by atoms with Crippen molar-refractivity contribution < 1.29 is 19.3 Å². The fourth-order valence-corrected chi connectivity index (χ4v) is 1.75. The second-order valence-corrected chi connectivity index (χ2v) is 4.38. The smallest absolute Gasteiger partial charge is 0.313 e. The van der Waals surface area contributed by atoms with Gasteiger partial charge in [-0.25, -0.2) is 0 Å². The predicted molar refractivity (Wildman–Crippen MR) is 81.1 cm³/mol. The molecule has 2 rings (SSSR count). The molecule has 10 nitrogen and oxygen atoms in total. The number of ether oxygens (including phenoxy) is 2. The van der Waals surface area contributed by atoms with Crippen LogP contribution in [0.4, 0.5) is 22.7 Å². The fourth-order valence-electron chi connectivity index (χ4n) is 1.75. The van der Waals surface area contributed by atoms with Gasteiger partial charge >= 0.3 is 11.4 Å². The van der Waals surface area contributed by atoms with E-state index >= 15 is 0 Å². The first-order valence-corrected chi connectivity index (χ1v) is 6.22. The molecule has 0 aliphatic rings. The van der Waals surface area contributed by atoms with Gasteiger partial charge in [0, 0.05) is 23.5 Å². The second-order valence-electron chi connectivity index (χ2n) is 4.38. The zero-order valence-electron chi connectivity index (χ0n) is 11.7. The van der Waals surface area contributed by atoms with Crippen LogP contribution in [0.1, 0.15) is 0 Å². The van der Waals surface area contributed by atoms with Crippen molar-refractivity contribution in [3.63, 3.8) is 0 Å².